The minimum absolute atomic E-state index is 0.0330. The molecule has 10 amide bonds. The highest BCUT2D eigenvalue weighted by Gasteiger charge is 2.52. The lowest BCUT2D eigenvalue weighted by Crippen LogP contribution is -2.62. The Bertz CT molecular complexity index is 3590. The number of aryl methyl sites for hydroxylation is 1. The second-order valence-electron chi connectivity index (χ2n) is 25.6. The van der Waals surface area contributed by atoms with Crippen LogP contribution in [0.5, 0.6) is 0 Å². The Morgan fingerprint density at radius 3 is 1.83 bits per heavy atom. The molecule has 1 aromatic carbocycles. The number of esters is 2. The zero-order valence-electron chi connectivity index (χ0n) is 54.9. The number of nitrogens with two attached hydrogens (primary N) is 1. The monoisotopic (exact) mass is 1320 g/mol. The number of aliphatic hydroxyl groups is 1. The molecule has 1 aromatic rings. The van der Waals surface area contributed by atoms with E-state index in [1.807, 2.05) is 0 Å². The second kappa shape index (κ2) is 28.2. The average Bonchev–Trinajstić information content (AvgIpc) is 1.54. The molecule has 1 aliphatic carbocycles. The fourth-order valence-corrected chi connectivity index (χ4v) is 12.4. The van der Waals surface area contributed by atoms with Gasteiger partial charge in [-0.15, -0.1) is 11.6 Å². The molecule has 5 aliphatic heterocycles. The second-order valence-corrected chi connectivity index (χ2v) is 25.9. The number of ether oxygens (including phenoxy) is 2. The quantitative estimate of drug-likeness (QED) is 0.0698. The average molecular weight is 1320 g/mol. The summed E-state index contributed by atoms with van der Waals surface area (Å²) in [5.41, 5.74) is 2.91. The highest BCUT2D eigenvalue weighted by molar-refractivity contribution is 6.19. The number of anilines is 1. The summed E-state index contributed by atoms with van der Waals surface area (Å²) in [7, 11) is 5.16. The Hall–Kier alpha value is -8.80. The van der Waals surface area contributed by atoms with Crippen LogP contribution in [0.3, 0.4) is 0 Å². The van der Waals surface area contributed by atoms with Crippen molar-refractivity contribution < 1.29 is 81.3 Å². The van der Waals surface area contributed by atoms with Crippen LogP contribution in [0, 0.1) is 31.6 Å². The highest BCUT2D eigenvalue weighted by atomic mass is 35.5. The number of amides is 10. The number of likely N-dealkylation sites (N-methyl/N-ethyl adjacent to an activating group) is 4. The third-order valence-corrected chi connectivity index (χ3v) is 18.2. The first-order valence-electron chi connectivity index (χ1n) is 30.6. The predicted octanol–water partition coefficient (Wildman–Crippen LogP) is -0.765. The minimum Gasteiger partial charge on any atom is -0.458 e. The van der Waals surface area contributed by atoms with Gasteiger partial charge in [0.25, 0.3) is 11.8 Å². The Morgan fingerprint density at radius 1 is 0.710 bits per heavy atom. The van der Waals surface area contributed by atoms with E-state index in [0.717, 1.165) is 29.4 Å². The van der Waals surface area contributed by atoms with Crippen LogP contribution in [-0.4, -0.2) is 242 Å². The van der Waals surface area contributed by atoms with Crippen LogP contribution < -0.4 is 32.4 Å². The molecule has 0 aromatic heterocycles. The van der Waals surface area contributed by atoms with Gasteiger partial charge in [-0.05, 0) is 77.3 Å². The molecule has 7 N–H and O–H groups in total. The summed E-state index contributed by atoms with van der Waals surface area (Å²) >= 11 is 6.49. The van der Waals surface area contributed by atoms with Gasteiger partial charge >= 0.3 is 11.9 Å². The van der Waals surface area contributed by atoms with Crippen molar-refractivity contribution in [3.8, 4) is 11.5 Å². The van der Waals surface area contributed by atoms with Gasteiger partial charge in [0.1, 0.15) is 71.8 Å². The van der Waals surface area contributed by atoms with Gasteiger partial charge in [0, 0.05) is 46.2 Å². The number of nitrogens with zero attached hydrogens (tertiary/aromatic N) is 7. The van der Waals surface area contributed by atoms with Crippen molar-refractivity contribution >= 4 is 105 Å². The van der Waals surface area contributed by atoms with Gasteiger partial charge < -0.3 is 75.4 Å². The van der Waals surface area contributed by atoms with Gasteiger partial charge in [-0.25, -0.2) is 14.6 Å². The normalized spacial score (nSPS) is 28.1. The van der Waals surface area contributed by atoms with Crippen LogP contribution in [0.4, 0.5) is 5.69 Å². The molecular weight excluding hydrogens is 1240 g/mol. The van der Waals surface area contributed by atoms with E-state index in [4.69, 9.17) is 36.2 Å². The van der Waals surface area contributed by atoms with Crippen LogP contribution in [0.2, 0.25) is 0 Å². The zero-order valence-corrected chi connectivity index (χ0v) is 55.7. The fraction of sp³-hybridized carbons (Fsp3) is 0.597. The van der Waals surface area contributed by atoms with Gasteiger partial charge in [0.2, 0.25) is 52.7 Å². The summed E-state index contributed by atoms with van der Waals surface area (Å²) in [5, 5.41) is 21.6. The summed E-state index contributed by atoms with van der Waals surface area (Å²) in [6.45, 7) is 16.9. The first-order valence-corrected chi connectivity index (χ1v) is 31.1. The number of carbonyl (C=O) groups excluding carboxylic acids is 13. The van der Waals surface area contributed by atoms with Crippen LogP contribution in [0.25, 0.3) is 22.6 Å². The van der Waals surface area contributed by atoms with E-state index in [1.165, 1.54) is 68.0 Å². The van der Waals surface area contributed by atoms with E-state index in [2.05, 4.69) is 21.3 Å². The third-order valence-electron chi connectivity index (χ3n) is 17.9. The number of aliphatic hydroxyl groups excluding tert-OH is 1. The number of aromatic nitrogens is 1. The molecule has 0 bridgehead atoms. The lowest BCUT2D eigenvalue weighted by Gasteiger charge is -2.37. The lowest BCUT2D eigenvalue weighted by molar-refractivity contribution is -0.163. The Morgan fingerprint density at radius 2 is 1.26 bits per heavy atom. The van der Waals surface area contributed by atoms with E-state index in [1.54, 1.807) is 55.4 Å². The zero-order chi connectivity index (χ0) is 69.6. The van der Waals surface area contributed by atoms with E-state index in [9.17, 15) is 62.6 Å². The lowest BCUT2D eigenvalue weighted by atomic mass is 9.98. The highest BCUT2D eigenvalue weighted by Crippen LogP contribution is 2.36. The molecule has 4 fully saturated rings. The van der Waals surface area contributed by atoms with Crippen molar-refractivity contribution in [2.75, 3.05) is 52.9 Å². The molecule has 0 saturated carbocycles. The predicted molar refractivity (Wildman–Crippen MR) is 332 cm³/mol. The molecule has 31 heteroatoms. The van der Waals surface area contributed by atoms with Crippen molar-refractivity contribution in [2.24, 2.45) is 17.8 Å². The summed E-state index contributed by atoms with van der Waals surface area (Å²) in [6.07, 6.45) is -5.24. The summed E-state index contributed by atoms with van der Waals surface area (Å²) in [6, 6.07) is -11.7. The van der Waals surface area contributed by atoms with Crippen molar-refractivity contribution in [1.82, 2.24) is 55.7 Å². The first kappa shape index (κ1) is 71.6. The van der Waals surface area contributed by atoms with Crippen LogP contribution in [0.15, 0.2) is 21.3 Å². The van der Waals surface area contributed by atoms with Gasteiger partial charge in [0.05, 0.1) is 47.9 Å². The maximum absolute atomic E-state index is 15.2. The molecule has 7 rings (SSSR count). The van der Waals surface area contributed by atoms with Crippen LogP contribution in [-0.2, 0) is 62.2 Å². The molecule has 93 heavy (non-hydrogen) atoms. The smallest absolute Gasteiger partial charge is 0.329 e. The van der Waals surface area contributed by atoms with Crippen LogP contribution >= 0.6 is 11.6 Å². The maximum atomic E-state index is 15.2. The van der Waals surface area contributed by atoms with E-state index < -0.39 is 221 Å². The molecule has 506 valence electrons. The molecule has 30 nitrogen and oxygen atoms in total. The van der Waals surface area contributed by atoms with Crippen molar-refractivity contribution in [2.45, 2.75) is 175 Å². The summed E-state index contributed by atoms with van der Waals surface area (Å²) in [5.74, 6) is -15.3. The molecule has 0 spiro atoms. The SMILES string of the molecule is Cc1c2oc3c(C)ccc(C(=O)N[C@@H]4C(=O)N[C@H](C(C)C)C(=O)N5C(C)CC(O)[C@H]5C(=O)N(C)CC(=O)N(C)[C@@H](C(C)C)C(=O)O[C@@H]4C)c3nc-2c(C(=O)N[C@@H]2C(=O)N[C@H](C(C)C)C(=O)N3C(C)C(=O)C[C@H]3C(=O)N(C)CC(=O)N(C)[C@@H](C)C(=O)O[C@@H]2CCl)c(N)c1=O. The number of hydrogen-bond donors (Lipinski definition) is 6. The standard InChI is InChI=1S/C62H83ClN12O18/c1-24(2)42-58(86)74-28(8)19-36(77)49(74)60(88)71(14)23-39(79)73(16)48(26(5)6)62(90)91-32(12)44(55(83)66-42)68-53(81)33-18-17-27(7)51-45(33)65-47-40(41(64)50(80)29(9)52(47)93-51)54(82)69-46-37(21-63)92-61(89)31(11)72(15)38(78)22-70(13)57(85)34-20-35(76)30(10)75(34)59(87)43(25(3)4)67-56(46)84/h17-18,24-26,28,30-32,34,36-37,42-44,46,48-49,77H,19-23,64H2,1-16H3,(H,66,83)(H,67,84)(H,68,81)(H,69,82)/t28?,30?,31-,32+,34-,36?,37+,42+,43+,44-,46-,48-,49-/m0/s1. The largest absolute Gasteiger partial charge is 0.458 e. The Labute approximate surface area is 541 Å². The van der Waals surface area contributed by atoms with Crippen molar-refractivity contribution in [3.63, 3.8) is 0 Å². The molecule has 5 heterocycles. The minimum atomic E-state index is -2.09. The number of nitrogens with one attached hydrogen (secondary N) is 4. The summed E-state index contributed by atoms with van der Waals surface area (Å²) < 4.78 is 18.1. The summed E-state index contributed by atoms with van der Waals surface area (Å²) in [4.78, 5) is 212. The number of carbonyl (C=O) groups is 13. The number of nitrogen functional groups attached to an aromatic ring is 1. The number of cyclic esters (lactones) is 2. The van der Waals surface area contributed by atoms with Crippen molar-refractivity contribution in [1.29, 1.82) is 0 Å². The molecule has 3 unspecified atom stereocenters. The fourth-order valence-electron chi connectivity index (χ4n) is 12.2. The Kier molecular flexibility index (Phi) is 21.7. The number of alkyl halides is 1. The van der Waals surface area contributed by atoms with Gasteiger partial charge in [0.15, 0.2) is 17.1 Å². The first-order chi connectivity index (χ1) is 43.4. The van der Waals surface area contributed by atoms with Gasteiger partial charge in [-0.2, -0.15) is 0 Å². The number of ketones is 1. The maximum Gasteiger partial charge on any atom is 0.329 e. The molecule has 0 radical (unpaired) electrons. The van der Waals surface area contributed by atoms with Gasteiger partial charge in [-0.1, -0.05) is 47.6 Å². The number of benzene rings is 2. The molecule has 6 aliphatic rings. The molecular formula is C62H83ClN12O18. The third kappa shape index (κ3) is 14.0. The Balaban J connectivity index is 1.34. The van der Waals surface area contributed by atoms with Crippen LogP contribution in [0.1, 0.15) is 114 Å². The van der Waals surface area contributed by atoms with E-state index in [-0.39, 0.29) is 34.4 Å². The number of rotatable bonds is 8. The van der Waals surface area contributed by atoms with E-state index in [0.29, 0.717) is 5.56 Å². The number of hydrogen-bond acceptors (Lipinski definition) is 20. The van der Waals surface area contributed by atoms with Gasteiger partial charge in [-0.3, -0.25) is 57.5 Å². The van der Waals surface area contributed by atoms with E-state index >= 15 is 9.59 Å². The number of halogens is 1. The topological polar surface area (TPSA) is 397 Å². The molecule has 4 saturated heterocycles. The van der Waals surface area contributed by atoms with Crippen molar-refractivity contribution in [3.05, 3.63) is 44.6 Å². The number of fused-ring (bicyclic) bond motifs is 4. The molecule has 13 atom stereocenters. The number of Topliss-reactive ketones (excluding diaryl/α,β-unsaturated/α-hetero) is 1.